The van der Waals surface area contributed by atoms with Crippen LogP contribution in [0.25, 0.3) is 0 Å². The van der Waals surface area contributed by atoms with Gasteiger partial charge in [0.25, 0.3) is 0 Å². The summed E-state index contributed by atoms with van der Waals surface area (Å²) >= 11 is 7.06. The second-order valence-corrected chi connectivity index (χ2v) is 8.10. The topological polar surface area (TPSA) is 32.8 Å². The highest BCUT2D eigenvalue weighted by atomic mass is 79.9. The van der Waals surface area contributed by atoms with Crippen molar-refractivity contribution in [1.29, 1.82) is 0 Å². The van der Waals surface area contributed by atoms with Gasteiger partial charge in [0, 0.05) is 47.2 Å². The Bertz CT molecular complexity index is 774. The maximum absolute atomic E-state index is 12.6. The van der Waals surface area contributed by atoms with Crippen LogP contribution >= 0.6 is 31.9 Å². The summed E-state index contributed by atoms with van der Waals surface area (Å²) in [5, 5.41) is 0. The van der Waals surface area contributed by atoms with Gasteiger partial charge >= 0.3 is 0 Å². The fourth-order valence-corrected chi connectivity index (χ4v) is 3.85. The minimum absolute atomic E-state index is 0.167. The van der Waals surface area contributed by atoms with Crippen LogP contribution < -0.4 is 4.74 Å². The molecule has 6 heteroatoms. The lowest BCUT2D eigenvalue weighted by Crippen LogP contribution is -2.48. The lowest BCUT2D eigenvalue weighted by molar-refractivity contribution is -0.132. The van der Waals surface area contributed by atoms with Gasteiger partial charge in [0.15, 0.2) is 0 Å². The van der Waals surface area contributed by atoms with Crippen LogP contribution in [0.2, 0.25) is 0 Å². The molecular weight excluding hydrogens is 460 g/mol. The lowest BCUT2D eigenvalue weighted by Gasteiger charge is -2.35. The van der Waals surface area contributed by atoms with Gasteiger partial charge in [-0.25, -0.2) is 0 Å². The monoisotopic (exact) mass is 480 g/mol. The number of benzene rings is 2. The molecule has 2 aromatic carbocycles. The van der Waals surface area contributed by atoms with E-state index < -0.39 is 0 Å². The van der Waals surface area contributed by atoms with Crippen LogP contribution in [-0.4, -0.2) is 49.0 Å². The van der Waals surface area contributed by atoms with Gasteiger partial charge in [-0.15, -0.1) is 0 Å². The molecule has 1 heterocycles. The van der Waals surface area contributed by atoms with E-state index in [1.54, 1.807) is 7.11 Å². The number of hydrogen-bond acceptors (Lipinski definition) is 3. The molecule has 2 aromatic rings. The Morgan fingerprint density at radius 1 is 1.04 bits per heavy atom. The molecule has 0 atom stereocenters. The van der Waals surface area contributed by atoms with Crippen LogP contribution in [0.4, 0.5) is 0 Å². The molecule has 0 aliphatic carbocycles. The molecule has 0 aromatic heterocycles. The van der Waals surface area contributed by atoms with Crippen molar-refractivity contribution >= 4 is 37.8 Å². The smallest absolute Gasteiger partial charge is 0.227 e. The summed E-state index contributed by atoms with van der Waals surface area (Å²) in [5.74, 6) is 0.945. The SMILES string of the molecule is COc1ccccc1CC(=O)N1CCN(Cc2ccc(Br)c(Br)c2)CC1. The summed E-state index contributed by atoms with van der Waals surface area (Å²) in [7, 11) is 1.64. The van der Waals surface area contributed by atoms with Crippen molar-refractivity contribution in [2.24, 2.45) is 0 Å². The van der Waals surface area contributed by atoms with Crippen LogP contribution in [0.15, 0.2) is 51.4 Å². The van der Waals surface area contributed by atoms with E-state index in [9.17, 15) is 4.79 Å². The molecule has 1 fully saturated rings. The molecule has 0 saturated carbocycles. The molecule has 26 heavy (non-hydrogen) atoms. The van der Waals surface area contributed by atoms with Crippen molar-refractivity contribution in [3.05, 3.63) is 62.5 Å². The molecule has 4 nitrogen and oxygen atoms in total. The van der Waals surface area contributed by atoms with Crippen molar-refractivity contribution in [2.45, 2.75) is 13.0 Å². The molecule has 0 bridgehead atoms. The highest BCUT2D eigenvalue weighted by Crippen LogP contribution is 2.24. The molecule has 1 amide bonds. The third-order valence-corrected chi connectivity index (χ3v) is 6.53. The van der Waals surface area contributed by atoms with E-state index in [1.165, 1.54) is 5.56 Å². The third kappa shape index (κ3) is 4.87. The summed E-state index contributed by atoms with van der Waals surface area (Å²) in [4.78, 5) is 17.0. The van der Waals surface area contributed by atoms with Gasteiger partial charge in [-0.05, 0) is 55.6 Å². The molecule has 0 radical (unpaired) electrons. The number of methoxy groups -OCH3 is 1. The quantitative estimate of drug-likeness (QED) is 0.644. The van der Waals surface area contributed by atoms with Crippen LogP contribution in [0.3, 0.4) is 0 Å². The molecule has 1 aliphatic heterocycles. The predicted octanol–water partition coefficient (Wildman–Crippen LogP) is 4.11. The molecule has 0 unspecified atom stereocenters. The highest BCUT2D eigenvalue weighted by molar-refractivity contribution is 9.13. The van der Waals surface area contributed by atoms with E-state index in [1.807, 2.05) is 29.2 Å². The fraction of sp³-hybridized carbons (Fsp3) is 0.350. The summed E-state index contributed by atoms with van der Waals surface area (Å²) in [6, 6.07) is 14.1. The second-order valence-electron chi connectivity index (χ2n) is 6.39. The summed E-state index contributed by atoms with van der Waals surface area (Å²) < 4.78 is 7.48. The van der Waals surface area contributed by atoms with Crippen LogP contribution in [0.5, 0.6) is 5.75 Å². The number of hydrogen-bond donors (Lipinski definition) is 0. The second kappa shape index (κ2) is 9.02. The Hall–Kier alpha value is -1.37. The maximum atomic E-state index is 12.6. The Morgan fingerprint density at radius 2 is 1.77 bits per heavy atom. The third-order valence-electron chi connectivity index (χ3n) is 4.65. The van der Waals surface area contributed by atoms with Crippen LogP contribution in [-0.2, 0) is 17.8 Å². The van der Waals surface area contributed by atoms with E-state index in [0.717, 1.165) is 53.0 Å². The Balaban J connectivity index is 1.53. The van der Waals surface area contributed by atoms with E-state index in [0.29, 0.717) is 6.42 Å². The minimum Gasteiger partial charge on any atom is -0.496 e. The normalized spacial score (nSPS) is 15.1. The number of nitrogens with zero attached hydrogens (tertiary/aromatic N) is 2. The number of para-hydroxylation sites is 1. The number of carbonyl (C=O) groups excluding carboxylic acids is 1. The summed E-state index contributed by atoms with van der Waals surface area (Å²) in [6.07, 6.45) is 0.393. The molecule has 138 valence electrons. The molecule has 0 spiro atoms. The van der Waals surface area contributed by atoms with E-state index >= 15 is 0 Å². The first-order valence-corrected chi connectivity index (χ1v) is 10.2. The molecule has 1 saturated heterocycles. The largest absolute Gasteiger partial charge is 0.496 e. The molecular formula is C20H22Br2N2O2. The number of ether oxygens (including phenoxy) is 1. The average Bonchev–Trinajstić information content (AvgIpc) is 2.66. The molecule has 3 rings (SSSR count). The fourth-order valence-electron chi connectivity index (χ4n) is 3.18. The zero-order valence-electron chi connectivity index (χ0n) is 14.8. The molecule has 1 aliphatic rings. The van der Waals surface area contributed by atoms with Crippen LogP contribution in [0, 0.1) is 0 Å². The number of carbonyl (C=O) groups is 1. The van der Waals surface area contributed by atoms with Crippen molar-refractivity contribution in [1.82, 2.24) is 9.80 Å². The van der Waals surface area contributed by atoms with Crippen molar-refractivity contribution in [3.8, 4) is 5.75 Å². The van der Waals surface area contributed by atoms with E-state index in [-0.39, 0.29) is 5.91 Å². The van der Waals surface area contributed by atoms with Crippen LogP contribution in [0.1, 0.15) is 11.1 Å². The number of piperazine rings is 1. The van der Waals surface area contributed by atoms with Gasteiger partial charge < -0.3 is 9.64 Å². The lowest BCUT2D eigenvalue weighted by atomic mass is 10.1. The summed E-state index contributed by atoms with van der Waals surface area (Å²) in [6.45, 7) is 4.23. The van der Waals surface area contributed by atoms with Gasteiger partial charge in [-0.2, -0.15) is 0 Å². The van der Waals surface area contributed by atoms with Gasteiger partial charge in [0.1, 0.15) is 5.75 Å². The number of amides is 1. The molecule has 0 N–H and O–H groups in total. The summed E-state index contributed by atoms with van der Waals surface area (Å²) in [5.41, 5.74) is 2.22. The Morgan fingerprint density at radius 3 is 2.46 bits per heavy atom. The predicted molar refractivity (Wildman–Crippen MR) is 110 cm³/mol. The Kier molecular flexibility index (Phi) is 6.73. The average molecular weight is 482 g/mol. The first kappa shape index (κ1) is 19.4. The van der Waals surface area contributed by atoms with E-state index in [2.05, 4.69) is 55.0 Å². The number of rotatable bonds is 5. The first-order valence-electron chi connectivity index (χ1n) is 8.63. The van der Waals surface area contributed by atoms with E-state index in [4.69, 9.17) is 4.74 Å². The van der Waals surface area contributed by atoms with Crippen molar-refractivity contribution in [3.63, 3.8) is 0 Å². The van der Waals surface area contributed by atoms with Gasteiger partial charge in [-0.1, -0.05) is 24.3 Å². The highest BCUT2D eigenvalue weighted by Gasteiger charge is 2.22. The zero-order chi connectivity index (χ0) is 18.5. The maximum Gasteiger partial charge on any atom is 0.227 e. The number of halogens is 2. The standard InChI is InChI=1S/C20H22Br2N2O2/c1-26-19-5-3-2-4-16(19)13-20(25)24-10-8-23(9-11-24)14-15-6-7-17(21)18(22)12-15/h2-7,12H,8-11,13-14H2,1H3. The Labute approximate surface area is 171 Å². The zero-order valence-corrected chi connectivity index (χ0v) is 17.9. The van der Waals surface area contributed by atoms with Gasteiger partial charge in [0.2, 0.25) is 5.91 Å². The minimum atomic E-state index is 0.167. The van der Waals surface area contributed by atoms with Crippen molar-refractivity contribution in [2.75, 3.05) is 33.3 Å². The van der Waals surface area contributed by atoms with Gasteiger partial charge in [0.05, 0.1) is 13.5 Å². The van der Waals surface area contributed by atoms with Gasteiger partial charge in [-0.3, -0.25) is 9.69 Å². The first-order chi connectivity index (χ1) is 12.6. The van der Waals surface area contributed by atoms with Crippen molar-refractivity contribution < 1.29 is 9.53 Å².